The number of hydrogen-bond acceptors (Lipinski definition) is 4. The Bertz CT molecular complexity index is 784. The molecule has 0 saturated carbocycles. The average Bonchev–Trinajstić information content (AvgIpc) is 2.57. The van der Waals surface area contributed by atoms with Crippen LogP contribution in [0, 0.1) is 6.92 Å². The predicted octanol–water partition coefficient (Wildman–Crippen LogP) is 3.49. The number of sulfonamides is 1. The molecule has 1 N–H and O–H groups in total. The normalized spacial score (nSPS) is 11.6. The summed E-state index contributed by atoms with van der Waals surface area (Å²) >= 11 is 0. The summed E-state index contributed by atoms with van der Waals surface area (Å²) in [6.45, 7) is 4.62. The van der Waals surface area contributed by atoms with Crippen LogP contribution in [0.1, 0.15) is 30.9 Å². The molecule has 0 amide bonds. The van der Waals surface area contributed by atoms with E-state index in [0.29, 0.717) is 12.4 Å². The minimum Gasteiger partial charge on any atom is -0.493 e. The number of rotatable bonds is 8. The fourth-order valence-corrected chi connectivity index (χ4v) is 2.77. The van der Waals surface area contributed by atoms with E-state index < -0.39 is 10.0 Å². The van der Waals surface area contributed by atoms with Crippen LogP contribution in [-0.4, -0.2) is 21.2 Å². The van der Waals surface area contributed by atoms with Crippen LogP contribution >= 0.6 is 0 Å². The fourth-order valence-electron chi connectivity index (χ4n) is 1.98. The Morgan fingerprint density at radius 1 is 1.12 bits per heavy atom. The number of aryl methyl sites for hydroxylation is 1. The summed E-state index contributed by atoms with van der Waals surface area (Å²) in [5.41, 5.74) is 1.72. The van der Waals surface area contributed by atoms with Gasteiger partial charge in [0.05, 0.1) is 17.7 Å². The first-order valence-electron chi connectivity index (χ1n) is 7.86. The lowest BCUT2D eigenvalue weighted by atomic mass is 10.2. The van der Waals surface area contributed by atoms with E-state index in [0.717, 1.165) is 24.0 Å². The standard InChI is InChI=1S/C18H22N2O3S/c1-3-4-13-23-18-8-6-5-7-16(18)14-19-20-24(21,22)17-11-9-15(2)10-12-17/h5-12,14,20H,3-4,13H2,1-2H3/b19-14-. The third-order valence-corrected chi connectivity index (χ3v) is 4.62. The Balaban J connectivity index is 2.07. The molecule has 6 heteroatoms. The Kier molecular flexibility index (Phi) is 6.37. The molecule has 0 spiro atoms. The largest absolute Gasteiger partial charge is 0.493 e. The number of nitrogens with one attached hydrogen (secondary N) is 1. The first-order valence-corrected chi connectivity index (χ1v) is 9.34. The highest BCUT2D eigenvalue weighted by atomic mass is 32.2. The van der Waals surface area contributed by atoms with Gasteiger partial charge in [0.15, 0.2) is 0 Å². The van der Waals surface area contributed by atoms with Gasteiger partial charge in [0.25, 0.3) is 10.0 Å². The van der Waals surface area contributed by atoms with Crippen molar-refractivity contribution in [3.05, 3.63) is 59.7 Å². The second kappa shape index (κ2) is 8.49. The number of unbranched alkanes of at least 4 members (excludes halogenated alkanes) is 1. The molecular weight excluding hydrogens is 324 g/mol. The highest BCUT2D eigenvalue weighted by Gasteiger charge is 2.11. The summed E-state index contributed by atoms with van der Waals surface area (Å²) < 4.78 is 30.0. The summed E-state index contributed by atoms with van der Waals surface area (Å²) in [5.74, 6) is 0.684. The summed E-state index contributed by atoms with van der Waals surface area (Å²) in [6.07, 6.45) is 3.46. The van der Waals surface area contributed by atoms with E-state index in [1.54, 1.807) is 24.3 Å². The molecule has 24 heavy (non-hydrogen) atoms. The maximum absolute atomic E-state index is 12.2. The van der Waals surface area contributed by atoms with E-state index in [2.05, 4.69) is 16.9 Å². The highest BCUT2D eigenvalue weighted by molar-refractivity contribution is 7.89. The van der Waals surface area contributed by atoms with Crippen molar-refractivity contribution in [3.8, 4) is 5.75 Å². The van der Waals surface area contributed by atoms with Gasteiger partial charge in [-0.2, -0.15) is 13.5 Å². The van der Waals surface area contributed by atoms with Crippen LogP contribution in [0.2, 0.25) is 0 Å². The minimum atomic E-state index is -3.67. The van der Waals surface area contributed by atoms with Crippen molar-refractivity contribution in [2.24, 2.45) is 5.10 Å². The predicted molar refractivity (Wildman–Crippen MR) is 95.9 cm³/mol. The molecule has 2 rings (SSSR count). The van der Waals surface area contributed by atoms with Crippen LogP contribution in [0.5, 0.6) is 5.75 Å². The number of hydrogen-bond donors (Lipinski definition) is 1. The van der Waals surface area contributed by atoms with Crippen molar-refractivity contribution in [1.82, 2.24) is 4.83 Å². The van der Waals surface area contributed by atoms with Crippen LogP contribution in [0.3, 0.4) is 0 Å². The van der Waals surface area contributed by atoms with Gasteiger partial charge in [0.1, 0.15) is 5.75 Å². The lowest BCUT2D eigenvalue weighted by Gasteiger charge is -2.08. The van der Waals surface area contributed by atoms with Gasteiger partial charge in [-0.25, -0.2) is 4.83 Å². The lowest BCUT2D eigenvalue weighted by molar-refractivity contribution is 0.309. The molecule has 0 bridgehead atoms. The van der Waals surface area contributed by atoms with Crippen LogP contribution < -0.4 is 9.57 Å². The first kappa shape index (κ1) is 18.0. The van der Waals surface area contributed by atoms with Crippen molar-refractivity contribution in [2.75, 3.05) is 6.61 Å². The van der Waals surface area contributed by atoms with E-state index in [9.17, 15) is 8.42 Å². The third kappa shape index (κ3) is 5.09. The second-order valence-corrected chi connectivity index (χ2v) is 7.07. The molecule has 128 valence electrons. The molecule has 0 aliphatic carbocycles. The molecule has 2 aromatic carbocycles. The van der Waals surface area contributed by atoms with E-state index in [1.807, 2.05) is 31.2 Å². The van der Waals surface area contributed by atoms with E-state index in [1.165, 1.54) is 6.21 Å². The molecule has 0 atom stereocenters. The molecule has 0 aliphatic rings. The average molecular weight is 346 g/mol. The lowest BCUT2D eigenvalue weighted by Crippen LogP contribution is -2.18. The molecule has 5 nitrogen and oxygen atoms in total. The van der Waals surface area contributed by atoms with Gasteiger partial charge in [-0.1, -0.05) is 43.2 Å². The molecule has 0 heterocycles. The topological polar surface area (TPSA) is 67.8 Å². The molecule has 0 radical (unpaired) electrons. The van der Waals surface area contributed by atoms with Crippen LogP contribution in [0.4, 0.5) is 0 Å². The van der Waals surface area contributed by atoms with Crippen molar-refractivity contribution in [3.63, 3.8) is 0 Å². The number of para-hydroxylation sites is 1. The Morgan fingerprint density at radius 3 is 2.54 bits per heavy atom. The highest BCUT2D eigenvalue weighted by Crippen LogP contribution is 2.16. The van der Waals surface area contributed by atoms with Gasteiger partial charge >= 0.3 is 0 Å². The van der Waals surface area contributed by atoms with E-state index >= 15 is 0 Å². The van der Waals surface area contributed by atoms with Crippen LogP contribution in [0.25, 0.3) is 0 Å². The summed E-state index contributed by atoms with van der Waals surface area (Å²) in [4.78, 5) is 2.40. The molecular formula is C18H22N2O3S. The zero-order valence-corrected chi connectivity index (χ0v) is 14.7. The van der Waals surface area contributed by atoms with Crippen molar-refractivity contribution in [2.45, 2.75) is 31.6 Å². The maximum Gasteiger partial charge on any atom is 0.276 e. The van der Waals surface area contributed by atoms with Gasteiger partial charge in [0.2, 0.25) is 0 Å². The molecule has 0 saturated heterocycles. The molecule has 0 fully saturated rings. The number of hydrazone groups is 1. The van der Waals surface area contributed by atoms with E-state index in [-0.39, 0.29) is 4.90 Å². The molecule has 0 aliphatic heterocycles. The zero-order chi connectivity index (χ0) is 17.4. The third-order valence-electron chi connectivity index (χ3n) is 3.38. The van der Waals surface area contributed by atoms with Gasteiger partial charge in [-0.05, 0) is 37.6 Å². The number of nitrogens with zero attached hydrogens (tertiary/aromatic N) is 1. The van der Waals surface area contributed by atoms with Crippen molar-refractivity contribution >= 4 is 16.2 Å². The zero-order valence-electron chi connectivity index (χ0n) is 13.9. The minimum absolute atomic E-state index is 0.178. The van der Waals surface area contributed by atoms with Gasteiger partial charge < -0.3 is 4.74 Å². The maximum atomic E-state index is 12.2. The van der Waals surface area contributed by atoms with Gasteiger partial charge in [-0.15, -0.1) is 0 Å². The molecule has 0 unspecified atom stereocenters. The van der Waals surface area contributed by atoms with Gasteiger partial charge in [0, 0.05) is 5.56 Å². The summed E-state index contributed by atoms with van der Waals surface area (Å²) in [5, 5.41) is 3.86. The second-order valence-electron chi connectivity index (χ2n) is 5.41. The SMILES string of the molecule is CCCCOc1ccccc1/C=N\NS(=O)(=O)c1ccc(C)cc1. The summed E-state index contributed by atoms with van der Waals surface area (Å²) in [6, 6.07) is 14.0. The number of ether oxygens (including phenoxy) is 1. The number of benzene rings is 2. The fraction of sp³-hybridized carbons (Fsp3) is 0.278. The monoisotopic (exact) mass is 346 g/mol. The Labute approximate surface area is 143 Å². The summed E-state index contributed by atoms with van der Waals surface area (Å²) in [7, 11) is -3.67. The van der Waals surface area contributed by atoms with Crippen molar-refractivity contribution < 1.29 is 13.2 Å². The molecule has 2 aromatic rings. The van der Waals surface area contributed by atoms with Crippen LogP contribution in [-0.2, 0) is 10.0 Å². The molecule has 0 aromatic heterocycles. The quantitative estimate of drug-likeness (QED) is 0.452. The Hall–Kier alpha value is -2.34. The Morgan fingerprint density at radius 2 is 1.83 bits per heavy atom. The van der Waals surface area contributed by atoms with Crippen molar-refractivity contribution in [1.29, 1.82) is 0 Å². The van der Waals surface area contributed by atoms with Crippen LogP contribution in [0.15, 0.2) is 58.5 Å². The smallest absolute Gasteiger partial charge is 0.276 e. The first-order chi connectivity index (χ1) is 11.5. The van der Waals surface area contributed by atoms with Gasteiger partial charge in [-0.3, -0.25) is 0 Å². The van der Waals surface area contributed by atoms with E-state index in [4.69, 9.17) is 4.74 Å².